The van der Waals surface area contributed by atoms with Crippen molar-refractivity contribution in [2.45, 2.75) is 32.1 Å². The number of ether oxygens (including phenoxy) is 1. The van der Waals surface area contributed by atoms with Crippen LogP contribution in [0.2, 0.25) is 5.02 Å². The van der Waals surface area contributed by atoms with Crippen molar-refractivity contribution in [3.63, 3.8) is 0 Å². The second-order valence-electron chi connectivity index (χ2n) is 6.43. The lowest BCUT2D eigenvalue weighted by molar-refractivity contribution is -0.485. The summed E-state index contributed by atoms with van der Waals surface area (Å²) in [5, 5.41) is 11.5. The highest BCUT2D eigenvalue weighted by Crippen LogP contribution is 2.48. The van der Waals surface area contributed by atoms with Gasteiger partial charge >= 0.3 is 5.97 Å². The van der Waals surface area contributed by atoms with Gasteiger partial charge in [0.25, 0.3) is 0 Å². The Morgan fingerprint density at radius 1 is 1.41 bits per heavy atom. The number of carbonyl (C=O) groups excluding carboxylic acids is 3. The van der Waals surface area contributed by atoms with E-state index in [-0.39, 0.29) is 17.1 Å². The fourth-order valence-corrected chi connectivity index (χ4v) is 3.76. The van der Waals surface area contributed by atoms with Gasteiger partial charge in [-0.15, -0.1) is 0 Å². The van der Waals surface area contributed by atoms with Crippen LogP contribution in [0, 0.1) is 15.5 Å². The fourth-order valence-electron chi connectivity index (χ4n) is 3.49. The van der Waals surface area contributed by atoms with Gasteiger partial charge in [-0.3, -0.25) is 29.4 Å². The molecule has 0 unspecified atom stereocenters. The zero-order valence-electron chi connectivity index (χ0n) is 15.1. The molecule has 27 heavy (non-hydrogen) atoms. The van der Waals surface area contributed by atoms with Gasteiger partial charge in [-0.05, 0) is 18.1 Å². The SMILES string of the molecule is CCCCN1C(=O)C[C@](C(=O)OC)([C@@H](C[N+](=O)[O-])c2ccccc2Cl)C1=O. The Hall–Kier alpha value is -2.48. The maximum Gasteiger partial charge on any atom is 0.322 e. The highest BCUT2D eigenvalue weighted by molar-refractivity contribution is 6.31. The number of carbonyl (C=O) groups is 3. The first-order chi connectivity index (χ1) is 12.8. The molecule has 0 saturated carbocycles. The zero-order chi connectivity index (χ0) is 20.2. The van der Waals surface area contributed by atoms with Crippen molar-refractivity contribution in [3.05, 3.63) is 45.0 Å². The average Bonchev–Trinajstić information content (AvgIpc) is 2.89. The molecule has 146 valence electrons. The van der Waals surface area contributed by atoms with Crippen molar-refractivity contribution in [1.29, 1.82) is 0 Å². The first-order valence-corrected chi connectivity index (χ1v) is 8.96. The van der Waals surface area contributed by atoms with Crippen LogP contribution in [0.15, 0.2) is 24.3 Å². The Kier molecular flexibility index (Phi) is 6.54. The van der Waals surface area contributed by atoms with E-state index in [1.54, 1.807) is 12.1 Å². The van der Waals surface area contributed by atoms with Gasteiger partial charge in [0.1, 0.15) is 0 Å². The van der Waals surface area contributed by atoms with Crippen LogP contribution in [-0.2, 0) is 19.1 Å². The molecule has 1 aliphatic rings. The minimum absolute atomic E-state index is 0.153. The van der Waals surface area contributed by atoms with Crippen LogP contribution in [0.25, 0.3) is 0 Å². The number of nitro groups is 1. The van der Waals surface area contributed by atoms with Crippen LogP contribution in [0.1, 0.15) is 37.7 Å². The quantitative estimate of drug-likeness (QED) is 0.219. The summed E-state index contributed by atoms with van der Waals surface area (Å²) in [6, 6.07) is 6.28. The van der Waals surface area contributed by atoms with E-state index in [1.165, 1.54) is 12.1 Å². The molecule has 1 saturated heterocycles. The van der Waals surface area contributed by atoms with E-state index in [9.17, 15) is 24.5 Å². The number of unbranched alkanes of at least 4 members (excludes halogenated alkanes) is 1. The summed E-state index contributed by atoms with van der Waals surface area (Å²) in [7, 11) is 1.09. The van der Waals surface area contributed by atoms with Crippen molar-refractivity contribution in [1.82, 2.24) is 4.90 Å². The molecule has 1 aromatic rings. The van der Waals surface area contributed by atoms with Crippen LogP contribution in [0.3, 0.4) is 0 Å². The van der Waals surface area contributed by atoms with E-state index >= 15 is 0 Å². The predicted molar refractivity (Wildman–Crippen MR) is 96.7 cm³/mol. The number of rotatable bonds is 8. The molecule has 0 aromatic heterocycles. The third-order valence-electron chi connectivity index (χ3n) is 4.85. The van der Waals surface area contributed by atoms with Gasteiger partial charge in [-0.1, -0.05) is 43.1 Å². The molecule has 9 heteroatoms. The third-order valence-corrected chi connectivity index (χ3v) is 5.19. The van der Waals surface area contributed by atoms with Gasteiger partial charge in [0.2, 0.25) is 18.4 Å². The highest BCUT2D eigenvalue weighted by Gasteiger charge is 2.63. The van der Waals surface area contributed by atoms with E-state index in [4.69, 9.17) is 16.3 Å². The van der Waals surface area contributed by atoms with E-state index in [1.807, 2.05) is 6.92 Å². The summed E-state index contributed by atoms with van der Waals surface area (Å²) in [5.74, 6) is -3.50. The zero-order valence-corrected chi connectivity index (χ0v) is 15.9. The maximum absolute atomic E-state index is 13.2. The first kappa shape index (κ1) is 20.8. The molecule has 1 heterocycles. The number of methoxy groups -OCH3 is 1. The minimum Gasteiger partial charge on any atom is -0.468 e. The lowest BCUT2D eigenvalue weighted by atomic mass is 9.70. The molecule has 2 rings (SSSR count). The molecule has 0 bridgehead atoms. The number of esters is 1. The number of hydrogen-bond donors (Lipinski definition) is 0. The molecule has 0 aliphatic carbocycles. The maximum atomic E-state index is 13.2. The van der Waals surface area contributed by atoms with Gasteiger partial charge < -0.3 is 4.74 Å². The second-order valence-corrected chi connectivity index (χ2v) is 6.84. The van der Waals surface area contributed by atoms with Crippen LogP contribution in [-0.4, -0.2) is 47.8 Å². The summed E-state index contributed by atoms with van der Waals surface area (Å²) in [6.45, 7) is 1.32. The Bertz CT molecular complexity index is 768. The molecule has 0 N–H and O–H groups in total. The number of nitrogens with zero attached hydrogens (tertiary/aromatic N) is 2. The normalized spacial score (nSPS) is 20.6. The summed E-state index contributed by atoms with van der Waals surface area (Å²) >= 11 is 6.21. The third kappa shape index (κ3) is 3.80. The first-order valence-electron chi connectivity index (χ1n) is 8.59. The Morgan fingerprint density at radius 3 is 2.63 bits per heavy atom. The Balaban J connectivity index is 2.63. The van der Waals surface area contributed by atoms with Crippen LogP contribution < -0.4 is 0 Å². The van der Waals surface area contributed by atoms with Gasteiger partial charge in [0.15, 0.2) is 5.41 Å². The van der Waals surface area contributed by atoms with Gasteiger partial charge in [-0.2, -0.15) is 0 Å². The molecule has 0 spiro atoms. The van der Waals surface area contributed by atoms with E-state index in [2.05, 4.69) is 0 Å². The highest BCUT2D eigenvalue weighted by atomic mass is 35.5. The number of halogens is 1. The fraction of sp³-hybridized carbons (Fsp3) is 0.500. The molecule has 0 radical (unpaired) electrons. The Labute approximate surface area is 161 Å². The molecular weight excluding hydrogens is 376 g/mol. The van der Waals surface area contributed by atoms with Crippen molar-refractivity contribution in [2.24, 2.45) is 5.41 Å². The number of likely N-dealkylation sites (tertiary alicyclic amines) is 1. The lowest BCUT2D eigenvalue weighted by Crippen LogP contribution is -2.48. The number of hydrogen-bond acceptors (Lipinski definition) is 6. The minimum atomic E-state index is -2.00. The molecule has 1 fully saturated rings. The molecule has 1 aliphatic heterocycles. The van der Waals surface area contributed by atoms with Crippen molar-refractivity contribution >= 4 is 29.4 Å². The number of imide groups is 1. The Morgan fingerprint density at radius 2 is 2.07 bits per heavy atom. The summed E-state index contributed by atoms with van der Waals surface area (Å²) < 4.78 is 4.83. The smallest absolute Gasteiger partial charge is 0.322 e. The summed E-state index contributed by atoms with van der Waals surface area (Å²) in [5.41, 5.74) is -1.74. The standard InChI is InChI=1S/C18H21ClN2O6/c1-3-4-9-20-15(22)10-18(16(20)23,17(24)27-2)13(11-21(25)26)12-7-5-6-8-14(12)19/h5-8,13H,3-4,9-11H2,1-2H3/t13-,18-/m0/s1. The van der Waals surface area contributed by atoms with Gasteiger partial charge in [-0.25, -0.2) is 0 Å². The van der Waals surface area contributed by atoms with Crippen molar-refractivity contribution in [3.8, 4) is 0 Å². The van der Waals surface area contributed by atoms with Crippen LogP contribution in [0.4, 0.5) is 0 Å². The van der Waals surface area contributed by atoms with E-state index in [0.717, 1.165) is 18.4 Å². The summed E-state index contributed by atoms with van der Waals surface area (Å²) in [4.78, 5) is 50.2. The van der Waals surface area contributed by atoms with E-state index in [0.29, 0.717) is 6.42 Å². The van der Waals surface area contributed by atoms with Gasteiger partial charge in [0.05, 0.1) is 19.4 Å². The van der Waals surface area contributed by atoms with Gasteiger partial charge in [0, 0.05) is 16.5 Å². The predicted octanol–water partition coefficient (Wildman–Crippen LogP) is 2.42. The topological polar surface area (TPSA) is 107 Å². The van der Waals surface area contributed by atoms with Crippen molar-refractivity contribution in [2.75, 3.05) is 20.2 Å². The molecule has 2 atom stereocenters. The second kappa shape index (κ2) is 8.47. The van der Waals surface area contributed by atoms with Crippen LogP contribution in [0.5, 0.6) is 0 Å². The molecule has 8 nitrogen and oxygen atoms in total. The monoisotopic (exact) mass is 396 g/mol. The average molecular weight is 397 g/mol. The molecule has 2 amide bonds. The molecule has 1 aromatic carbocycles. The van der Waals surface area contributed by atoms with Crippen molar-refractivity contribution < 1.29 is 24.0 Å². The molecular formula is C18H21ClN2O6. The number of amides is 2. The lowest BCUT2D eigenvalue weighted by Gasteiger charge is -2.31. The number of benzene rings is 1. The van der Waals surface area contributed by atoms with Crippen LogP contribution >= 0.6 is 11.6 Å². The summed E-state index contributed by atoms with van der Waals surface area (Å²) in [6.07, 6.45) is 0.831. The van der Waals surface area contributed by atoms with E-state index < -0.39 is 47.0 Å². The largest absolute Gasteiger partial charge is 0.468 e.